The summed E-state index contributed by atoms with van der Waals surface area (Å²) in [7, 11) is 0. The van der Waals surface area contributed by atoms with E-state index < -0.39 is 6.10 Å². The van der Waals surface area contributed by atoms with Crippen molar-refractivity contribution in [3.05, 3.63) is 29.3 Å². The highest BCUT2D eigenvalue weighted by Crippen LogP contribution is 2.17. The zero-order valence-electron chi connectivity index (χ0n) is 11.6. The van der Waals surface area contributed by atoms with Gasteiger partial charge in [-0.15, -0.1) is 0 Å². The van der Waals surface area contributed by atoms with Crippen LogP contribution in [-0.4, -0.2) is 17.7 Å². The molecule has 1 fully saturated rings. The maximum absolute atomic E-state index is 11.9. The normalized spacial score (nSPS) is 16.4. The van der Waals surface area contributed by atoms with E-state index in [-0.39, 0.29) is 5.91 Å². The molecule has 0 radical (unpaired) electrons. The molecular formula is C15H19ClN2O2. The number of benzene rings is 1. The molecule has 1 amide bonds. The Morgan fingerprint density at radius 1 is 1.25 bits per heavy atom. The second-order valence-corrected chi connectivity index (χ2v) is 5.37. The summed E-state index contributed by atoms with van der Waals surface area (Å²) >= 11 is 5.79. The molecule has 1 aromatic carbocycles. The lowest BCUT2D eigenvalue weighted by atomic mass is 9.99. The van der Waals surface area contributed by atoms with E-state index in [1.54, 1.807) is 31.2 Å². The second kappa shape index (κ2) is 7.29. The van der Waals surface area contributed by atoms with Crippen LogP contribution in [0.3, 0.4) is 0 Å². The Bertz CT molecular complexity index is 477. The number of hydrazone groups is 1. The first-order valence-electron chi connectivity index (χ1n) is 6.92. The van der Waals surface area contributed by atoms with E-state index >= 15 is 0 Å². The van der Waals surface area contributed by atoms with Crippen LogP contribution < -0.4 is 10.2 Å². The standard InChI is InChI=1S/C15H19ClN2O2/c1-11(20-14-9-7-12(16)8-10-14)15(19)18-17-13-5-3-2-4-6-13/h7-11H,2-6H2,1H3,(H,18,19)/t11-/m0/s1. The number of nitrogens with zero attached hydrogens (tertiary/aromatic N) is 1. The molecule has 0 bridgehead atoms. The SMILES string of the molecule is C[C@H](Oc1ccc(Cl)cc1)C(=O)NN=C1CCCCC1. The van der Waals surface area contributed by atoms with Gasteiger partial charge in [0.15, 0.2) is 6.10 Å². The van der Waals surface area contributed by atoms with Crippen molar-refractivity contribution in [2.24, 2.45) is 5.10 Å². The highest BCUT2D eigenvalue weighted by molar-refractivity contribution is 6.30. The third-order valence-electron chi connectivity index (χ3n) is 3.25. The largest absolute Gasteiger partial charge is 0.481 e. The minimum atomic E-state index is -0.593. The van der Waals surface area contributed by atoms with Crippen molar-refractivity contribution in [3.63, 3.8) is 0 Å². The molecule has 0 unspecified atom stereocenters. The molecule has 108 valence electrons. The molecule has 1 N–H and O–H groups in total. The summed E-state index contributed by atoms with van der Waals surface area (Å²) in [6.07, 6.45) is 4.93. The number of amides is 1. The van der Waals surface area contributed by atoms with E-state index in [0.717, 1.165) is 31.4 Å². The topological polar surface area (TPSA) is 50.7 Å². The zero-order chi connectivity index (χ0) is 14.4. The molecule has 0 spiro atoms. The van der Waals surface area contributed by atoms with Crippen LogP contribution in [0.15, 0.2) is 29.4 Å². The Labute approximate surface area is 124 Å². The molecular weight excluding hydrogens is 276 g/mol. The minimum absolute atomic E-state index is 0.238. The summed E-state index contributed by atoms with van der Waals surface area (Å²) in [5.74, 6) is 0.375. The predicted molar refractivity (Wildman–Crippen MR) is 80.2 cm³/mol. The number of hydrogen-bond donors (Lipinski definition) is 1. The highest BCUT2D eigenvalue weighted by atomic mass is 35.5. The van der Waals surface area contributed by atoms with Gasteiger partial charge in [0, 0.05) is 10.7 Å². The van der Waals surface area contributed by atoms with Crippen molar-refractivity contribution in [2.45, 2.75) is 45.1 Å². The van der Waals surface area contributed by atoms with Gasteiger partial charge in [-0.25, -0.2) is 5.43 Å². The van der Waals surface area contributed by atoms with Crippen molar-refractivity contribution in [1.29, 1.82) is 0 Å². The molecule has 1 aliphatic rings. The van der Waals surface area contributed by atoms with Crippen LogP contribution in [0.25, 0.3) is 0 Å². The quantitative estimate of drug-likeness (QED) is 0.864. The number of nitrogens with one attached hydrogen (secondary N) is 1. The fourth-order valence-corrected chi connectivity index (χ4v) is 2.19. The minimum Gasteiger partial charge on any atom is -0.481 e. The Morgan fingerprint density at radius 3 is 2.55 bits per heavy atom. The van der Waals surface area contributed by atoms with Gasteiger partial charge >= 0.3 is 0 Å². The van der Waals surface area contributed by atoms with Gasteiger partial charge in [-0.05, 0) is 56.9 Å². The molecule has 1 aromatic rings. The summed E-state index contributed by atoms with van der Waals surface area (Å²) < 4.78 is 5.53. The van der Waals surface area contributed by atoms with Crippen LogP contribution in [0.5, 0.6) is 5.75 Å². The molecule has 4 nitrogen and oxygen atoms in total. The predicted octanol–water partition coefficient (Wildman–Crippen LogP) is 3.54. The number of carbonyl (C=O) groups excluding carboxylic acids is 1. The van der Waals surface area contributed by atoms with Crippen LogP contribution in [0.4, 0.5) is 0 Å². The molecule has 1 atom stereocenters. The van der Waals surface area contributed by atoms with Gasteiger partial charge in [-0.2, -0.15) is 5.10 Å². The molecule has 20 heavy (non-hydrogen) atoms. The molecule has 2 rings (SSSR count). The fourth-order valence-electron chi connectivity index (χ4n) is 2.07. The lowest BCUT2D eigenvalue weighted by Gasteiger charge is -2.15. The van der Waals surface area contributed by atoms with Gasteiger partial charge in [-0.3, -0.25) is 4.79 Å². The van der Waals surface area contributed by atoms with E-state index in [2.05, 4.69) is 10.5 Å². The second-order valence-electron chi connectivity index (χ2n) is 4.93. The Kier molecular flexibility index (Phi) is 5.41. The van der Waals surface area contributed by atoms with Crippen molar-refractivity contribution in [3.8, 4) is 5.75 Å². The van der Waals surface area contributed by atoms with Crippen LogP contribution in [0.2, 0.25) is 5.02 Å². The maximum Gasteiger partial charge on any atom is 0.280 e. The van der Waals surface area contributed by atoms with E-state index in [1.807, 2.05) is 0 Å². The van der Waals surface area contributed by atoms with E-state index in [1.165, 1.54) is 6.42 Å². The Balaban J connectivity index is 1.83. The van der Waals surface area contributed by atoms with Gasteiger partial charge < -0.3 is 4.74 Å². The molecule has 5 heteroatoms. The molecule has 0 aliphatic heterocycles. The van der Waals surface area contributed by atoms with Crippen molar-refractivity contribution in [1.82, 2.24) is 5.43 Å². The van der Waals surface area contributed by atoms with Gasteiger partial charge in [0.1, 0.15) is 5.75 Å². The summed E-state index contributed by atoms with van der Waals surface area (Å²) in [6.45, 7) is 1.70. The Hall–Kier alpha value is -1.55. The molecule has 0 aromatic heterocycles. The average Bonchev–Trinajstić information content (AvgIpc) is 2.48. The van der Waals surface area contributed by atoms with Crippen LogP contribution in [0, 0.1) is 0 Å². The van der Waals surface area contributed by atoms with Gasteiger partial charge in [-0.1, -0.05) is 18.0 Å². The zero-order valence-corrected chi connectivity index (χ0v) is 12.3. The van der Waals surface area contributed by atoms with Gasteiger partial charge in [0.05, 0.1) is 0 Å². The van der Waals surface area contributed by atoms with Crippen LogP contribution in [0.1, 0.15) is 39.0 Å². The van der Waals surface area contributed by atoms with E-state index in [0.29, 0.717) is 10.8 Å². The maximum atomic E-state index is 11.9. The highest BCUT2D eigenvalue weighted by Gasteiger charge is 2.15. The van der Waals surface area contributed by atoms with Gasteiger partial charge in [0.2, 0.25) is 0 Å². The lowest BCUT2D eigenvalue weighted by Crippen LogP contribution is -2.34. The lowest BCUT2D eigenvalue weighted by molar-refractivity contribution is -0.127. The van der Waals surface area contributed by atoms with Crippen molar-refractivity contribution >= 4 is 23.2 Å². The smallest absolute Gasteiger partial charge is 0.280 e. The van der Waals surface area contributed by atoms with Gasteiger partial charge in [0.25, 0.3) is 5.91 Å². The molecule has 1 saturated carbocycles. The first-order valence-corrected chi connectivity index (χ1v) is 7.30. The van der Waals surface area contributed by atoms with E-state index in [4.69, 9.17) is 16.3 Å². The summed E-state index contributed by atoms with van der Waals surface area (Å²) in [5, 5.41) is 4.81. The number of halogens is 1. The molecule has 1 aliphatic carbocycles. The van der Waals surface area contributed by atoms with Crippen LogP contribution in [-0.2, 0) is 4.79 Å². The van der Waals surface area contributed by atoms with Crippen molar-refractivity contribution < 1.29 is 9.53 Å². The van der Waals surface area contributed by atoms with Crippen molar-refractivity contribution in [2.75, 3.05) is 0 Å². The third kappa shape index (κ3) is 4.53. The first-order chi connectivity index (χ1) is 9.65. The molecule has 0 saturated heterocycles. The number of carbonyl (C=O) groups is 1. The first kappa shape index (κ1) is 14.9. The summed E-state index contributed by atoms with van der Waals surface area (Å²) in [4.78, 5) is 11.9. The fraction of sp³-hybridized carbons (Fsp3) is 0.467. The van der Waals surface area contributed by atoms with Crippen LogP contribution >= 0.6 is 11.6 Å². The Morgan fingerprint density at radius 2 is 1.90 bits per heavy atom. The third-order valence-corrected chi connectivity index (χ3v) is 3.50. The average molecular weight is 295 g/mol. The number of hydrogen-bond acceptors (Lipinski definition) is 3. The molecule has 0 heterocycles. The summed E-state index contributed by atoms with van der Waals surface area (Å²) in [5.41, 5.74) is 3.65. The number of ether oxygens (including phenoxy) is 1. The van der Waals surface area contributed by atoms with E-state index in [9.17, 15) is 4.79 Å². The number of rotatable bonds is 4. The summed E-state index contributed by atoms with van der Waals surface area (Å²) in [6, 6.07) is 6.92. The monoisotopic (exact) mass is 294 g/mol.